The fraction of sp³-hybridized carbons (Fsp3) is 0.471. The molecule has 0 aliphatic heterocycles. The Morgan fingerprint density at radius 3 is 2.54 bits per heavy atom. The molecule has 24 heavy (non-hydrogen) atoms. The number of nitrogens with zero attached hydrogens (tertiary/aromatic N) is 2. The van der Waals surface area contributed by atoms with Gasteiger partial charge in [-0.05, 0) is 31.0 Å². The first-order valence-corrected chi connectivity index (χ1v) is 7.75. The van der Waals surface area contributed by atoms with Crippen LogP contribution >= 0.6 is 0 Å². The molecule has 0 bridgehead atoms. The van der Waals surface area contributed by atoms with E-state index in [0.29, 0.717) is 6.54 Å². The van der Waals surface area contributed by atoms with Crippen LogP contribution in [0.5, 0.6) is 0 Å². The zero-order chi connectivity index (χ0) is 18.0. The van der Waals surface area contributed by atoms with Crippen LogP contribution < -0.4 is 5.32 Å². The minimum Gasteiger partial charge on any atom is -0.384 e. The SMILES string of the molecule is CCc1nn(C)cc1CNCC(C)(O)c1cccc(C(F)(F)F)c1. The molecule has 1 unspecified atom stereocenters. The zero-order valence-electron chi connectivity index (χ0n) is 14.0. The Labute approximate surface area is 139 Å². The van der Waals surface area contributed by atoms with Crippen LogP contribution in [0.3, 0.4) is 0 Å². The highest BCUT2D eigenvalue weighted by Crippen LogP contribution is 2.32. The molecule has 4 nitrogen and oxygen atoms in total. The van der Waals surface area contributed by atoms with Gasteiger partial charge in [0.2, 0.25) is 0 Å². The lowest BCUT2D eigenvalue weighted by atomic mass is 9.94. The van der Waals surface area contributed by atoms with Gasteiger partial charge in [-0.3, -0.25) is 4.68 Å². The van der Waals surface area contributed by atoms with Gasteiger partial charge in [-0.2, -0.15) is 18.3 Å². The third-order valence-corrected chi connectivity index (χ3v) is 3.92. The first kappa shape index (κ1) is 18.5. The van der Waals surface area contributed by atoms with E-state index in [1.807, 2.05) is 20.2 Å². The van der Waals surface area contributed by atoms with E-state index in [0.717, 1.165) is 29.8 Å². The summed E-state index contributed by atoms with van der Waals surface area (Å²) in [4.78, 5) is 0. The van der Waals surface area contributed by atoms with Gasteiger partial charge in [0.1, 0.15) is 0 Å². The van der Waals surface area contributed by atoms with Gasteiger partial charge in [-0.1, -0.05) is 19.1 Å². The van der Waals surface area contributed by atoms with Crippen LogP contribution in [0.2, 0.25) is 0 Å². The smallest absolute Gasteiger partial charge is 0.384 e. The number of nitrogens with one attached hydrogen (secondary N) is 1. The van der Waals surface area contributed by atoms with E-state index in [1.54, 1.807) is 4.68 Å². The number of hydrogen-bond donors (Lipinski definition) is 2. The van der Waals surface area contributed by atoms with Crippen molar-refractivity contribution in [2.45, 2.75) is 38.6 Å². The second kappa shape index (κ2) is 6.94. The number of halogens is 3. The van der Waals surface area contributed by atoms with E-state index in [9.17, 15) is 18.3 Å². The van der Waals surface area contributed by atoms with E-state index in [2.05, 4.69) is 10.4 Å². The Morgan fingerprint density at radius 2 is 1.92 bits per heavy atom. The Kier molecular flexibility index (Phi) is 5.35. The first-order chi connectivity index (χ1) is 11.1. The zero-order valence-corrected chi connectivity index (χ0v) is 14.0. The van der Waals surface area contributed by atoms with Crippen molar-refractivity contribution in [1.82, 2.24) is 15.1 Å². The molecular formula is C17H22F3N3O. The van der Waals surface area contributed by atoms with E-state index >= 15 is 0 Å². The van der Waals surface area contributed by atoms with Crippen LogP contribution in [0.25, 0.3) is 0 Å². The lowest BCUT2D eigenvalue weighted by molar-refractivity contribution is -0.137. The second-order valence-electron chi connectivity index (χ2n) is 6.08. The van der Waals surface area contributed by atoms with Gasteiger partial charge >= 0.3 is 6.18 Å². The maximum atomic E-state index is 12.8. The molecule has 2 aromatic rings. The molecule has 0 saturated carbocycles. The van der Waals surface area contributed by atoms with E-state index in [4.69, 9.17) is 0 Å². The molecule has 1 heterocycles. The van der Waals surface area contributed by atoms with Crippen molar-refractivity contribution in [1.29, 1.82) is 0 Å². The topological polar surface area (TPSA) is 50.1 Å². The number of benzene rings is 1. The fourth-order valence-electron chi connectivity index (χ4n) is 2.60. The summed E-state index contributed by atoms with van der Waals surface area (Å²) in [5.74, 6) is 0. The third-order valence-electron chi connectivity index (χ3n) is 3.92. The van der Waals surface area contributed by atoms with Crippen LogP contribution in [0.4, 0.5) is 13.2 Å². The molecule has 2 rings (SSSR count). The average Bonchev–Trinajstić information content (AvgIpc) is 2.86. The number of alkyl halides is 3. The van der Waals surface area contributed by atoms with Crippen LogP contribution in [-0.4, -0.2) is 21.4 Å². The fourth-order valence-corrected chi connectivity index (χ4v) is 2.60. The van der Waals surface area contributed by atoms with E-state index in [-0.39, 0.29) is 12.1 Å². The Morgan fingerprint density at radius 1 is 1.25 bits per heavy atom. The summed E-state index contributed by atoms with van der Waals surface area (Å²) < 4.78 is 40.1. The van der Waals surface area contributed by atoms with Crippen molar-refractivity contribution in [2.24, 2.45) is 7.05 Å². The van der Waals surface area contributed by atoms with Crippen LogP contribution in [0.15, 0.2) is 30.5 Å². The summed E-state index contributed by atoms with van der Waals surface area (Å²) in [5.41, 5.74) is 0.0339. The largest absolute Gasteiger partial charge is 0.416 e. The molecule has 0 radical (unpaired) electrons. The molecule has 1 atom stereocenters. The van der Waals surface area contributed by atoms with Crippen molar-refractivity contribution in [3.63, 3.8) is 0 Å². The molecule has 0 saturated heterocycles. The summed E-state index contributed by atoms with van der Waals surface area (Å²) in [6.45, 7) is 4.13. The van der Waals surface area contributed by atoms with Crippen molar-refractivity contribution < 1.29 is 18.3 Å². The van der Waals surface area contributed by atoms with Crippen molar-refractivity contribution in [3.8, 4) is 0 Å². The van der Waals surface area contributed by atoms with Gasteiger partial charge in [0.25, 0.3) is 0 Å². The van der Waals surface area contributed by atoms with E-state index < -0.39 is 17.3 Å². The molecular weight excluding hydrogens is 319 g/mol. The Bertz CT molecular complexity index is 693. The number of hydrogen-bond acceptors (Lipinski definition) is 3. The van der Waals surface area contributed by atoms with Crippen molar-refractivity contribution >= 4 is 0 Å². The summed E-state index contributed by atoms with van der Waals surface area (Å²) in [7, 11) is 1.83. The summed E-state index contributed by atoms with van der Waals surface area (Å²) in [6, 6.07) is 4.79. The minimum atomic E-state index is -4.43. The standard InChI is InChI=1S/C17H22F3N3O/c1-4-15-12(10-23(3)22-15)9-21-11-16(2,24)13-6-5-7-14(8-13)17(18,19)20/h5-8,10,21,24H,4,9,11H2,1-3H3. The minimum absolute atomic E-state index is 0.131. The molecule has 7 heteroatoms. The van der Waals surface area contributed by atoms with E-state index in [1.165, 1.54) is 19.1 Å². The van der Waals surface area contributed by atoms with Gasteiger partial charge < -0.3 is 10.4 Å². The molecule has 1 aromatic carbocycles. The van der Waals surface area contributed by atoms with Crippen molar-refractivity contribution in [3.05, 3.63) is 52.8 Å². The summed E-state index contributed by atoms with van der Waals surface area (Å²) in [5, 5.41) is 18.0. The number of rotatable bonds is 6. The van der Waals surface area contributed by atoms with Gasteiger partial charge in [-0.15, -0.1) is 0 Å². The Balaban J connectivity index is 2.06. The second-order valence-corrected chi connectivity index (χ2v) is 6.08. The molecule has 0 aliphatic carbocycles. The van der Waals surface area contributed by atoms with Crippen molar-refractivity contribution in [2.75, 3.05) is 6.54 Å². The highest BCUT2D eigenvalue weighted by atomic mass is 19.4. The normalized spacial score (nSPS) is 14.6. The van der Waals surface area contributed by atoms with Crippen LogP contribution in [-0.2, 0) is 31.8 Å². The summed E-state index contributed by atoms with van der Waals surface area (Å²) in [6.07, 6.45) is -1.74. The number of aromatic nitrogens is 2. The molecule has 0 spiro atoms. The number of aryl methyl sites for hydroxylation is 2. The highest BCUT2D eigenvalue weighted by molar-refractivity contribution is 5.30. The molecule has 0 aliphatic rings. The van der Waals surface area contributed by atoms with Crippen LogP contribution in [0.1, 0.15) is 36.2 Å². The maximum Gasteiger partial charge on any atom is 0.416 e. The van der Waals surface area contributed by atoms with Gasteiger partial charge in [0.15, 0.2) is 0 Å². The first-order valence-electron chi connectivity index (χ1n) is 7.75. The average molecular weight is 341 g/mol. The Hall–Kier alpha value is -1.86. The predicted octanol–water partition coefficient (Wildman–Crippen LogP) is 3.00. The van der Waals surface area contributed by atoms with Gasteiger partial charge in [0, 0.05) is 31.9 Å². The van der Waals surface area contributed by atoms with Crippen LogP contribution in [0, 0.1) is 0 Å². The lowest BCUT2D eigenvalue weighted by Gasteiger charge is -2.25. The molecule has 132 valence electrons. The molecule has 0 amide bonds. The monoisotopic (exact) mass is 341 g/mol. The molecule has 1 aromatic heterocycles. The van der Waals surface area contributed by atoms with Gasteiger partial charge in [0.05, 0.1) is 16.9 Å². The highest BCUT2D eigenvalue weighted by Gasteiger charge is 2.32. The quantitative estimate of drug-likeness (QED) is 0.849. The molecule has 2 N–H and O–H groups in total. The lowest BCUT2D eigenvalue weighted by Crippen LogP contribution is -2.35. The number of aliphatic hydroxyl groups is 1. The molecule has 0 fully saturated rings. The maximum absolute atomic E-state index is 12.8. The van der Waals surface area contributed by atoms with Gasteiger partial charge in [-0.25, -0.2) is 0 Å². The summed E-state index contributed by atoms with van der Waals surface area (Å²) >= 11 is 0. The predicted molar refractivity (Wildman–Crippen MR) is 85.3 cm³/mol. The third kappa shape index (κ3) is 4.36.